The fourth-order valence-electron chi connectivity index (χ4n) is 0.683. The van der Waals surface area contributed by atoms with Crippen molar-refractivity contribution < 1.29 is 4.79 Å². The molecule has 2 heterocycles. The molecule has 14 heavy (non-hydrogen) atoms. The van der Waals surface area contributed by atoms with E-state index in [0.717, 1.165) is 5.84 Å². The number of rotatable bonds is 0. The van der Waals surface area contributed by atoms with Crippen LogP contribution in [0.2, 0.25) is 0 Å². The number of carbonyl (C=O) groups excluding carboxylic acids is 1. The summed E-state index contributed by atoms with van der Waals surface area (Å²) >= 11 is 0. The van der Waals surface area contributed by atoms with Crippen LogP contribution >= 0.6 is 0 Å². The van der Waals surface area contributed by atoms with Crippen molar-refractivity contribution in [2.45, 2.75) is 21.3 Å². The Kier molecular flexibility index (Phi) is 5.05. The third-order valence-corrected chi connectivity index (χ3v) is 1.23. The minimum absolute atomic E-state index is 0. The van der Waals surface area contributed by atoms with E-state index in [1.54, 1.807) is 13.8 Å². The molecule has 0 saturated heterocycles. The van der Waals surface area contributed by atoms with Crippen LogP contribution in [0.25, 0.3) is 0 Å². The van der Waals surface area contributed by atoms with Gasteiger partial charge in [-0.2, -0.15) is 5.21 Å². The minimum Gasteiger partial charge on any atom is -0.313 e. The van der Waals surface area contributed by atoms with Crippen molar-refractivity contribution in [3.63, 3.8) is 0 Å². The monoisotopic (exact) mass is 198 g/mol. The standard InChI is InChI=1S/C4H6N2O.C2H4N4.CH4/c1-3-5-2-4(7)6-3;1-2-3-5-6-4-2;/h2H2,1H3,(H,5,6,7);1H3,(H,3,4,5,6);1H4. The van der Waals surface area contributed by atoms with E-state index < -0.39 is 0 Å². The van der Waals surface area contributed by atoms with Crippen molar-refractivity contribution in [3.8, 4) is 0 Å². The van der Waals surface area contributed by atoms with E-state index in [9.17, 15) is 4.79 Å². The molecular weight excluding hydrogens is 184 g/mol. The number of nitrogens with one attached hydrogen (secondary N) is 2. The molecule has 2 N–H and O–H groups in total. The Bertz CT molecular complexity index is 304. The number of nitrogens with zero attached hydrogens (tertiary/aromatic N) is 4. The van der Waals surface area contributed by atoms with Gasteiger partial charge in [0.2, 0.25) is 5.91 Å². The number of H-pyrrole nitrogens is 1. The first-order chi connectivity index (χ1) is 6.18. The van der Waals surface area contributed by atoms with Gasteiger partial charge in [0.15, 0.2) is 5.82 Å². The molecule has 0 aliphatic carbocycles. The molecular formula is C7H14N6O. The van der Waals surface area contributed by atoms with Gasteiger partial charge in [-0.3, -0.25) is 9.79 Å². The molecule has 7 nitrogen and oxygen atoms in total. The van der Waals surface area contributed by atoms with Gasteiger partial charge in [0, 0.05) is 0 Å². The van der Waals surface area contributed by atoms with Crippen LogP contribution in [0.4, 0.5) is 0 Å². The number of aromatic nitrogens is 4. The van der Waals surface area contributed by atoms with E-state index in [-0.39, 0.29) is 13.3 Å². The molecule has 0 aromatic carbocycles. The average Bonchev–Trinajstić information content (AvgIpc) is 2.64. The minimum atomic E-state index is -0.00231. The SMILES string of the molecule is C.CC1=NCC(=O)N1.Cc1nn[nH]n1. The summed E-state index contributed by atoms with van der Waals surface area (Å²) in [5.74, 6) is 1.40. The molecule has 78 valence electrons. The van der Waals surface area contributed by atoms with Gasteiger partial charge in [-0.1, -0.05) is 12.6 Å². The summed E-state index contributed by atoms with van der Waals surface area (Å²) in [5, 5.41) is 15.3. The molecule has 7 heteroatoms. The third kappa shape index (κ3) is 4.29. The molecule has 2 rings (SSSR count). The van der Waals surface area contributed by atoms with Crippen molar-refractivity contribution in [3.05, 3.63) is 5.82 Å². The average molecular weight is 198 g/mol. The highest BCUT2D eigenvalue weighted by atomic mass is 16.2. The third-order valence-electron chi connectivity index (χ3n) is 1.23. The van der Waals surface area contributed by atoms with Crippen LogP contribution in [0.1, 0.15) is 20.2 Å². The van der Waals surface area contributed by atoms with Crippen molar-refractivity contribution in [2.75, 3.05) is 6.54 Å². The lowest BCUT2D eigenvalue weighted by atomic mass is 10.6. The van der Waals surface area contributed by atoms with Gasteiger partial charge < -0.3 is 5.32 Å². The molecule has 0 unspecified atom stereocenters. The summed E-state index contributed by atoms with van der Waals surface area (Å²) in [6.07, 6.45) is 0. The number of aliphatic imine (C=N–C) groups is 1. The predicted molar refractivity (Wildman–Crippen MR) is 51.8 cm³/mol. The summed E-state index contributed by atoms with van der Waals surface area (Å²) in [4.78, 5) is 14.0. The lowest BCUT2D eigenvalue weighted by Gasteiger charge is -1.84. The first-order valence-electron chi connectivity index (χ1n) is 3.69. The fraction of sp³-hybridized carbons (Fsp3) is 0.571. The molecule has 1 aliphatic heterocycles. The molecule has 0 radical (unpaired) electrons. The van der Waals surface area contributed by atoms with Crippen LogP contribution in [0.15, 0.2) is 4.99 Å². The quantitative estimate of drug-likeness (QED) is 0.597. The van der Waals surface area contributed by atoms with Crippen molar-refractivity contribution in [2.24, 2.45) is 4.99 Å². The number of hydrogen-bond donors (Lipinski definition) is 2. The lowest BCUT2D eigenvalue weighted by Crippen LogP contribution is -2.21. The van der Waals surface area contributed by atoms with E-state index in [4.69, 9.17) is 0 Å². The van der Waals surface area contributed by atoms with Crippen molar-refractivity contribution >= 4 is 11.7 Å². The number of hydrogen-bond acceptors (Lipinski definition) is 5. The first-order valence-corrected chi connectivity index (χ1v) is 3.69. The Labute approximate surface area is 82.0 Å². The van der Waals surface area contributed by atoms with Crippen molar-refractivity contribution in [1.29, 1.82) is 0 Å². The van der Waals surface area contributed by atoms with E-state index in [1.807, 2.05) is 0 Å². The van der Waals surface area contributed by atoms with Crippen LogP contribution in [-0.2, 0) is 4.79 Å². The second kappa shape index (κ2) is 5.79. The second-order valence-corrected chi connectivity index (χ2v) is 2.41. The van der Waals surface area contributed by atoms with Crippen LogP contribution in [0, 0.1) is 6.92 Å². The molecule has 0 saturated carbocycles. The Morgan fingerprint density at radius 3 is 2.21 bits per heavy atom. The molecule has 0 spiro atoms. The summed E-state index contributed by atoms with van der Waals surface area (Å²) in [6.45, 7) is 3.85. The predicted octanol–water partition coefficient (Wildman–Crippen LogP) is -0.321. The van der Waals surface area contributed by atoms with E-state index in [0.29, 0.717) is 12.4 Å². The van der Waals surface area contributed by atoms with Crippen LogP contribution in [0.5, 0.6) is 0 Å². The maximum absolute atomic E-state index is 10.2. The zero-order chi connectivity index (χ0) is 9.68. The Morgan fingerprint density at radius 1 is 1.36 bits per heavy atom. The van der Waals surface area contributed by atoms with Gasteiger partial charge in [-0.05, 0) is 13.8 Å². The van der Waals surface area contributed by atoms with Gasteiger partial charge in [0.1, 0.15) is 12.4 Å². The zero-order valence-electron chi connectivity index (χ0n) is 7.40. The number of tetrazole rings is 1. The molecule has 0 atom stereocenters. The maximum atomic E-state index is 10.2. The van der Waals surface area contributed by atoms with Crippen LogP contribution < -0.4 is 5.32 Å². The molecule has 0 fully saturated rings. The lowest BCUT2D eigenvalue weighted by molar-refractivity contribution is -0.117. The normalized spacial score (nSPS) is 13.3. The Morgan fingerprint density at radius 2 is 2.07 bits per heavy atom. The summed E-state index contributed by atoms with van der Waals surface area (Å²) in [5.41, 5.74) is 0. The maximum Gasteiger partial charge on any atom is 0.246 e. The Hall–Kier alpha value is -1.79. The fourth-order valence-corrected chi connectivity index (χ4v) is 0.683. The second-order valence-electron chi connectivity index (χ2n) is 2.41. The van der Waals surface area contributed by atoms with E-state index >= 15 is 0 Å². The van der Waals surface area contributed by atoms with Gasteiger partial charge in [0.05, 0.1) is 0 Å². The highest BCUT2D eigenvalue weighted by molar-refractivity contribution is 6.02. The number of aromatic amines is 1. The number of carbonyl (C=O) groups is 1. The molecule has 1 aromatic heterocycles. The molecule has 0 bridgehead atoms. The van der Waals surface area contributed by atoms with Crippen LogP contribution in [-0.4, -0.2) is 38.9 Å². The molecule has 1 amide bonds. The van der Waals surface area contributed by atoms with Gasteiger partial charge >= 0.3 is 0 Å². The summed E-state index contributed by atoms with van der Waals surface area (Å²) < 4.78 is 0. The van der Waals surface area contributed by atoms with Gasteiger partial charge in [0.25, 0.3) is 0 Å². The highest BCUT2D eigenvalue weighted by Crippen LogP contribution is 1.82. The van der Waals surface area contributed by atoms with E-state index in [2.05, 4.69) is 30.9 Å². The smallest absolute Gasteiger partial charge is 0.246 e. The van der Waals surface area contributed by atoms with Gasteiger partial charge in [-0.15, -0.1) is 10.2 Å². The van der Waals surface area contributed by atoms with E-state index in [1.165, 1.54) is 0 Å². The number of amidine groups is 1. The highest BCUT2D eigenvalue weighted by Gasteiger charge is 2.06. The number of aryl methyl sites for hydroxylation is 1. The molecule has 1 aromatic rings. The van der Waals surface area contributed by atoms with Crippen molar-refractivity contribution in [1.82, 2.24) is 25.9 Å². The van der Waals surface area contributed by atoms with Gasteiger partial charge in [-0.25, -0.2) is 0 Å². The topological polar surface area (TPSA) is 95.9 Å². The Balaban J connectivity index is 0.000000227. The largest absolute Gasteiger partial charge is 0.313 e. The molecule has 1 aliphatic rings. The number of amides is 1. The van der Waals surface area contributed by atoms with Crippen LogP contribution in [0.3, 0.4) is 0 Å². The first kappa shape index (κ1) is 12.2. The summed E-state index contributed by atoms with van der Waals surface area (Å²) in [7, 11) is 0. The zero-order valence-corrected chi connectivity index (χ0v) is 7.40. The summed E-state index contributed by atoms with van der Waals surface area (Å²) in [6, 6.07) is 0.